The lowest BCUT2D eigenvalue weighted by Gasteiger charge is -2.36. The Morgan fingerprint density at radius 2 is 1.75 bits per heavy atom. The normalized spacial score (nSPS) is 19.6. The van der Waals surface area contributed by atoms with Gasteiger partial charge in [-0.05, 0) is 49.4 Å². The summed E-state index contributed by atoms with van der Waals surface area (Å²) in [4.78, 5) is 19.2. The maximum atomic E-state index is 13.0. The van der Waals surface area contributed by atoms with Gasteiger partial charge in [0.05, 0.1) is 5.41 Å². The number of piperazine rings is 1. The topological polar surface area (TPSA) is 35.6 Å². The second-order valence-corrected chi connectivity index (χ2v) is 8.99. The van der Waals surface area contributed by atoms with Crippen LogP contribution >= 0.6 is 11.3 Å². The van der Waals surface area contributed by atoms with E-state index >= 15 is 0 Å². The lowest BCUT2D eigenvalue weighted by Crippen LogP contribution is -2.47. The van der Waals surface area contributed by atoms with Crippen molar-refractivity contribution in [2.75, 3.05) is 44.2 Å². The Hall–Kier alpha value is -1.85. The van der Waals surface area contributed by atoms with E-state index in [1.165, 1.54) is 10.6 Å². The molecular weight excluding hydrogens is 366 g/mol. The average molecular weight is 398 g/mol. The number of para-hydroxylation sites is 1. The molecule has 1 aliphatic carbocycles. The predicted molar refractivity (Wildman–Crippen MR) is 117 cm³/mol. The minimum Gasteiger partial charge on any atom is -0.369 e. The molecule has 0 atom stereocenters. The minimum atomic E-state index is -0.254. The summed E-state index contributed by atoms with van der Waals surface area (Å²) in [5.74, 6) is 0.251. The largest absolute Gasteiger partial charge is 0.369 e. The summed E-state index contributed by atoms with van der Waals surface area (Å²) in [6.07, 6.45) is 5.35. The highest BCUT2D eigenvalue weighted by atomic mass is 32.1. The third kappa shape index (κ3) is 4.26. The van der Waals surface area contributed by atoms with Crippen LogP contribution in [0.1, 0.15) is 37.0 Å². The Morgan fingerprint density at radius 3 is 2.43 bits per heavy atom. The van der Waals surface area contributed by atoms with Crippen LogP contribution < -0.4 is 10.2 Å². The number of hydrogen-bond acceptors (Lipinski definition) is 4. The number of nitrogens with one attached hydrogen (secondary N) is 1. The zero-order valence-electron chi connectivity index (χ0n) is 16.6. The number of carbonyl (C=O) groups excluding carboxylic acids is 1. The molecule has 1 amide bonds. The molecule has 2 fully saturated rings. The highest BCUT2D eigenvalue weighted by molar-refractivity contribution is 7.10. The number of hydrogen-bond donors (Lipinski definition) is 1. The fourth-order valence-corrected chi connectivity index (χ4v) is 5.64. The van der Waals surface area contributed by atoms with Gasteiger partial charge in [0.25, 0.3) is 0 Å². The summed E-state index contributed by atoms with van der Waals surface area (Å²) in [5, 5.41) is 5.35. The lowest BCUT2D eigenvalue weighted by molar-refractivity contribution is -0.126. The molecule has 1 aromatic heterocycles. The highest BCUT2D eigenvalue weighted by Crippen LogP contribution is 2.43. The van der Waals surface area contributed by atoms with Gasteiger partial charge in [-0.3, -0.25) is 9.69 Å². The third-order valence-electron chi connectivity index (χ3n) is 6.31. The summed E-state index contributed by atoms with van der Waals surface area (Å²) >= 11 is 1.73. The number of nitrogens with zero attached hydrogens (tertiary/aromatic N) is 2. The van der Waals surface area contributed by atoms with Gasteiger partial charge >= 0.3 is 0 Å². The van der Waals surface area contributed by atoms with Gasteiger partial charge in [-0.25, -0.2) is 0 Å². The monoisotopic (exact) mass is 397 g/mol. The Balaban J connectivity index is 1.20. The minimum absolute atomic E-state index is 0.251. The number of rotatable bonds is 7. The average Bonchev–Trinajstić information content (AvgIpc) is 3.45. The van der Waals surface area contributed by atoms with E-state index in [4.69, 9.17) is 0 Å². The molecule has 0 spiro atoms. The van der Waals surface area contributed by atoms with E-state index in [0.29, 0.717) is 0 Å². The molecule has 1 saturated heterocycles. The number of amides is 1. The van der Waals surface area contributed by atoms with Crippen molar-refractivity contribution in [2.45, 2.75) is 37.5 Å². The van der Waals surface area contributed by atoms with Crippen LogP contribution in [0, 0.1) is 0 Å². The summed E-state index contributed by atoms with van der Waals surface area (Å²) in [6.45, 7) is 6.21. The standard InChI is InChI=1S/C23H31N3OS/c27-22(23(11-4-5-12-23)21-10-6-19-28-21)24-13-7-14-25-15-17-26(18-16-25)20-8-2-1-3-9-20/h1-3,6,8-10,19H,4-5,7,11-18H2,(H,24,27). The highest BCUT2D eigenvalue weighted by Gasteiger charge is 2.43. The molecule has 2 aromatic rings. The van der Waals surface area contributed by atoms with Crippen molar-refractivity contribution in [1.82, 2.24) is 10.2 Å². The van der Waals surface area contributed by atoms with Crippen LogP contribution in [0.4, 0.5) is 5.69 Å². The van der Waals surface area contributed by atoms with Crippen LogP contribution in [0.2, 0.25) is 0 Å². The number of thiophene rings is 1. The van der Waals surface area contributed by atoms with E-state index in [2.05, 4.69) is 63.0 Å². The molecule has 28 heavy (non-hydrogen) atoms. The Morgan fingerprint density at radius 1 is 1.00 bits per heavy atom. The van der Waals surface area contributed by atoms with Gasteiger partial charge < -0.3 is 10.2 Å². The molecule has 2 heterocycles. The van der Waals surface area contributed by atoms with E-state index < -0.39 is 0 Å². The van der Waals surface area contributed by atoms with Crippen LogP contribution in [0.5, 0.6) is 0 Å². The Kier molecular flexibility index (Phi) is 6.33. The van der Waals surface area contributed by atoms with E-state index in [-0.39, 0.29) is 11.3 Å². The van der Waals surface area contributed by atoms with Crippen LogP contribution in [-0.4, -0.2) is 50.1 Å². The molecule has 4 nitrogen and oxygen atoms in total. The molecule has 1 aromatic carbocycles. The number of anilines is 1. The van der Waals surface area contributed by atoms with E-state index in [0.717, 1.165) is 71.4 Å². The van der Waals surface area contributed by atoms with E-state index in [1.54, 1.807) is 11.3 Å². The van der Waals surface area contributed by atoms with Crippen LogP contribution in [-0.2, 0) is 10.2 Å². The number of benzene rings is 1. The van der Waals surface area contributed by atoms with Crippen molar-refractivity contribution in [1.29, 1.82) is 0 Å². The summed E-state index contributed by atoms with van der Waals surface area (Å²) in [5.41, 5.74) is 1.07. The Labute approximate surface area is 172 Å². The molecule has 0 radical (unpaired) electrons. The van der Waals surface area contributed by atoms with Gasteiger partial charge in [0, 0.05) is 43.3 Å². The zero-order valence-corrected chi connectivity index (χ0v) is 17.4. The van der Waals surface area contributed by atoms with Crippen molar-refractivity contribution in [3.8, 4) is 0 Å². The van der Waals surface area contributed by atoms with Crippen molar-refractivity contribution in [2.24, 2.45) is 0 Å². The van der Waals surface area contributed by atoms with Crippen molar-refractivity contribution >= 4 is 22.9 Å². The predicted octanol–water partition coefficient (Wildman–Crippen LogP) is 3.89. The first-order chi connectivity index (χ1) is 13.8. The molecule has 150 valence electrons. The van der Waals surface area contributed by atoms with Crippen LogP contribution in [0.25, 0.3) is 0 Å². The summed E-state index contributed by atoms with van der Waals surface area (Å²) in [6, 6.07) is 14.9. The first-order valence-electron chi connectivity index (χ1n) is 10.6. The maximum Gasteiger partial charge on any atom is 0.231 e. The molecule has 2 aliphatic rings. The SMILES string of the molecule is O=C(NCCCN1CCN(c2ccccc2)CC1)C1(c2cccs2)CCCC1. The molecule has 5 heteroatoms. The maximum absolute atomic E-state index is 13.0. The molecular formula is C23H31N3OS. The molecule has 4 rings (SSSR count). The molecule has 1 saturated carbocycles. The first-order valence-corrected chi connectivity index (χ1v) is 11.5. The van der Waals surface area contributed by atoms with Gasteiger partial charge in [0.15, 0.2) is 0 Å². The second-order valence-electron chi connectivity index (χ2n) is 8.04. The molecule has 1 aliphatic heterocycles. The van der Waals surface area contributed by atoms with Gasteiger partial charge in [-0.2, -0.15) is 0 Å². The van der Waals surface area contributed by atoms with Gasteiger partial charge in [0.1, 0.15) is 0 Å². The quantitative estimate of drug-likeness (QED) is 0.720. The Bertz CT molecular complexity index is 732. The molecule has 0 unspecified atom stereocenters. The second kappa shape index (κ2) is 9.10. The molecule has 1 N–H and O–H groups in total. The zero-order chi connectivity index (χ0) is 19.2. The van der Waals surface area contributed by atoms with Crippen molar-refractivity contribution in [3.63, 3.8) is 0 Å². The van der Waals surface area contributed by atoms with Gasteiger partial charge in [-0.1, -0.05) is 37.1 Å². The summed E-state index contributed by atoms with van der Waals surface area (Å²) < 4.78 is 0. The smallest absolute Gasteiger partial charge is 0.231 e. The molecule has 0 bridgehead atoms. The van der Waals surface area contributed by atoms with Crippen LogP contribution in [0.3, 0.4) is 0 Å². The fourth-order valence-electron chi connectivity index (χ4n) is 4.66. The summed E-state index contributed by atoms with van der Waals surface area (Å²) in [7, 11) is 0. The third-order valence-corrected chi connectivity index (χ3v) is 7.39. The number of carbonyl (C=O) groups is 1. The van der Waals surface area contributed by atoms with Crippen LogP contribution in [0.15, 0.2) is 47.8 Å². The van der Waals surface area contributed by atoms with Crippen molar-refractivity contribution < 1.29 is 4.79 Å². The van der Waals surface area contributed by atoms with Crippen molar-refractivity contribution in [3.05, 3.63) is 52.7 Å². The fraction of sp³-hybridized carbons (Fsp3) is 0.522. The van der Waals surface area contributed by atoms with Gasteiger partial charge in [-0.15, -0.1) is 11.3 Å². The lowest BCUT2D eigenvalue weighted by atomic mass is 9.83. The first kappa shape index (κ1) is 19.5. The van der Waals surface area contributed by atoms with E-state index in [1.807, 2.05) is 0 Å². The van der Waals surface area contributed by atoms with Gasteiger partial charge in [0.2, 0.25) is 5.91 Å². The van der Waals surface area contributed by atoms with E-state index in [9.17, 15) is 4.79 Å².